The maximum absolute atomic E-state index is 12.2. The van der Waals surface area contributed by atoms with Crippen LogP contribution in [-0.2, 0) is 0 Å². The minimum atomic E-state index is -0.294. The van der Waals surface area contributed by atoms with E-state index in [0.717, 1.165) is 5.69 Å². The molecular formula is C18H21N3O2S. The van der Waals surface area contributed by atoms with Crippen molar-refractivity contribution in [1.82, 2.24) is 10.7 Å². The van der Waals surface area contributed by atoms with Gasteiger partial charge in [-0.15, -0.1) is 0 Å². The van der Waals surface area contributed by atoms with E-state index in [0.29, 0.717) is 23.8 Å². The molecule has 0 saturated carbocycles. The van der Waals surface area contributed by atoms with Gasteiger partial charge in [-0.2, -0.15) is 0 Å². The van der Waals surface area contributed by atoms with Gasteiger partial charge < -0.3 is 4.74 Å². The second-order valence-corrected chi connectivity index (χ2v) is 6.04. The van der Waals surface area contributed by atoms with Crippen LogP contribution in [0, 0.1) is 5.92 Å². The predicted molar refractivity (Wildman–Crippen MR) is 100 cm³/mol. The Morgan fingerprint density at radius 2 is 1.88 bits per heavy atom. The molecule has 126 valence electrons. The van der Waals surface area contributed by atoms with E-state index in [9.17, 15) is 4.79 Å². The van der Waals surface area contributed by atoms with Gasteiger partial charge in [-0.05, 0) is 48.5 Å². The normalized spacial score (nSPS) is 10.1. The first-order chi connectivity index (χ1) is 11.5. The minimum Gasteiger partial charge on any atom is -0.493 e. The summed E-state index contributed by atoms with van der Waals surface area (Å²) in [7, 11) is 0. The van der Waals surface area contributed by atoms with E-state index in [4.69, 9.17) is 17.0 Å². The number of carbonyl (C=O) groups excluding carboxylic acids is 1. The summed E-state index contributed by atoms with van der Waals surface area (Å²) in [5.74, 6) is 0.790. The number of ether oxygens (including phenoxy) is 1. The molecule has 0 aromatic heterocycles. The van der Waals surface area contributed by atoms with Crippen molar-refractivity contribution in [2.45, 2.75) is 13.8 Å². The number of nitrogens with one attached hydrogen (secondary N) is 3. The summed E-state index contributed by atoms with van der Waals surface area (Å²) in [6.07, 6.45) is 0. The smallest absolute Gasteiger partial charge is 0.257 e. The maximum atomic E-state index is 12.2. The molecule has 0 saturated heterocycles. The third-order valence-electron chi connectivity index (χ3n) is 3.00. The Morgan fingerprint density at radius 1 is 1.12 bits per heavy atom. The number of anilines is 1. The van der Waals surface area contributed by atoms with Gasteiger partial charge in [0.1, 0.15) is 5.75 Å². The van der Waals surface area contributed by atoms with Crippen LogP contribution in [0.25, 0.3) is 0 Å². The third-order valence-corrected chi connectivity index (χ3v) is 3.20. The molecule has 6 heteroatoms. The van der Waals surface area contributed by atoms with Crippen molar-refractivity contribution in [3.8, 4) is 5.75 Å². The number of hydrogen-bond donors (Lipinski definition) is 3. The number of thiocarbonyl (C=S) groups is 1. The molecule has 2 aromatic carbocycles. The van der Waals surface area contributed by atoms with E-state index in [-0.39, 0.29) is 11.0 Å². The first kappa shape index (κ1) is 17.7. The number of benzene rings is 2. The number of hydrazine groups is 1. The zero-order valence-corrected chi connectivity index (χ0v) is 14.5. The Kier molecular flexibility index (Phi) is 6.57. The Bertz CT molecular complexity index is 690. The molecule has 24 heavy (non-hydrogen) atoms. The summed E-state index contributed by atoms with van der Waals surface area (Å²) in [4.78, 5) is 12.2. The second kappa shape index (κ2) is 8.88. The number of rotatable bonds is 6. The van der Waals surface area contributed by atoms with Gasteiger partial charge in [0.05, 0.1) is 12.3 Å². The Balaban J connectivity index is 1.87. The highest BCUT2D eigenvalue weighted by molar-refractivity contribution is 7.80. The van der Waals surface area contributed by atoms with Gasteiger partial charge in [0, 0.05) is 5.56 Å². The summed E-state index contributed by atoms with van der Waals surface area (Å²) >= 11 is 5.11. The van der Waals surface area contributed by atoms with Crippen molar-refractivity contribution in [1.29, 1.82) is 0 Å². The van der Waals surface area contributed by atoms with Gasteiger partial charge in [0.25, 0.3) is 5.91 Å². The largest absolute Gasteiger partial charge is 0.493 e. The van der Waals surface area contributed by atoms with Gasteiger partial charge in [0.2, 0.25) is 0 Å². The van der Waals surface area contributed by atoms with Crippen LogP contribution in [0.5, 0.6) is 5.75 Å². The quantitative estimate of drug-likeness (QED) is 0.555. The van der Waals surface area contributed by atoms with Crippen molar-refractivity contribution in [2.75, 3.05) is 12.0 Å². The second-order valence-electron chi connectivity index (χ2n) is 5.63. The number of carbonyl (C=O) groups is 1. The lowest BCUT2D eigenvalue weighted by Crippen LogP contribution is -2.41. The molecule has 0 spiro atoms. The van der Waals surface area contributed by atoms with Gasteiger partial charge in [-0.1, -0.05) is 38.1 Å². The fourth-order valence-electron chi connectivity index (χ4n) is 1.85. The fraction of sp³-hybridized carbons (Fsp3) is 0.222. The van der Waals surface area contributed by atoms with Crippen LogP contribution in [-0.4, -0.2) is 17.6 Å². The highest BCUT2D eigenvalue weighted by Gasteiger charge is 2.09. The van der Waals surface area contributed by atoms with Crippen molar-refractivity contribution in [2.24, 2.45) is 5.92 Å². The molecular weight excluding hydrogens is 322 g/mol. The van der Waals surface area contributed by atoms with Crippen LogP contribution in [0.3, 0.4) is 0 Å². The van der Waals surface area contributed by atoms with Crippen LogP contribution >= 0.6 is 12.2 Å². The Morgan fingerprint density at radius 3 is 2.58 bits per heavy atom. The predicted octanol–water partition coefficient (Wildman–Crippen LogP) is 3.35. The van der Waals surface area contributed by atoms with Crippen molar-refractivity contribution < 1.29 is 9.53 Å². The van der Waals surface area contributed by atoms with E-state index in [2.05, 4.69) is 30.0 Å². The number of hydrogen-bond acceptors (Lipinski definition) is 4. The lowest BCUT2D eigenvalue weighted by Gasteiger charge is -2.12. The van der Waals surface area contributed by atoms with E-state index in [1.54, 1.807) is 18.2 Å². The van der Waals surface area contributed by atoms with Crippen LogP contribution in [0.4, 0.5) is 5.69 Å². The van der Waals surface area contributed by atoms with Crippen LogP contribution in [0.15, 0.2) is 54.6 Å². The summed E-state index contributed by atoms with van der Waals surface area (Å²) in [5, 5.41) is 2.81. The third kappa shape index (κ3) is 5.89. The molecule has 0 fully saturated rings. The molecule has 0 aliphatic heterocycles. The molecule has 0 heterocycles. The van der Waals surface area contributed by atoms with E-state index in [1.807, 2.05) is 36.4 Å². The van der Waals surface area contributed by atoms with Gasteiger partial charge in [0.15, 0.2) is 5.11 Å². The van der Waals surface area contributed by atoms with Crippen LogP contribution < -0.4 is 20.9 Å². The van der Waals surface area contributed by atoms with Crippen LogP contribution in [0.2, 0.25) is 0 Å². The number of amides is 1. The summed E-state index contributed by atoms with van der Waals surface area (Å²) in [6, 6.07) is 16.5. The molecule has 2 rings (SSSR count). The van der Waals surface area contributed by atoms with Crippen LogP contribution in [0.1, 0.15) is 24.2 Å². The van der Waals surface area contributed by atoms with E-state index >= 15 is 0 Å². The molecule has 0 bridgehead atoms. The summed E-state index contributed by atoms with van der Waals surface area (Å²) in [5.41, 5.74) is 7.02. The van der Waals surface area contributed by atoms with Gasteiger partial charge in [-0.25, -0.2) is 0 Å². The highest BCUT2D eigenvalue weighted by atomic mass is 32.1. The number of para-hydroxylation sites is 1. The molecule has 0 aliphatic rings. The van der Waals surface area contributed by atoms with Crippen molar-refractivity contribution in [3.05, 3.63) is 60.2 Å². The Hall–Kier alpha value is -2.60. The molecule has 0 radical (unpaired) electrons. The zero-order chi connectivity index (χ0) is 17.4. The lowest BCUT2D eigenvalue weighted by molar-refractivity contribution is 0.0976. The first-order valence-corrected chi connectivity index (χ1v) is 8.10. The Labute approximate surface area is 147 Å². The topological polar surface area (TPSA) is 62.4 Å². The standard InChI is InChI=1S/C18H21N3O2S/c1-13(2)12-23-16-10-6-7-14(11-16)17(22)19-18(24)21-20-15-8-4-3-5-9-15/h3-11,13,20H,12H2,1-2H3,(H2,19,21,22,24). The molecule has 0 aliphatic carbocycles. The maximum Gasteiger partial charge on any atom is 0.257 e. The average molecular weight is 343 g/mol. The highest BCUT2D eigenvalue weighted by Crippen LogP contribution is 2.14. The summed E-state index contributed by atoms with van der Waals surface area (Å²) in [6.45, 7) is 4.74. The van der Waals surface area contributed by atoms with Crippen molar-refractivity contribution in [3.63, 3.8) is 0 Å². The van der Waals surface area contributed by atoms with Crippen molar-refractivity contribution >= 4 is 28.9 Å². The minimum absolute atomic E-state index is 0.192. The van der Waals surface area contributed by atoms with E-state index in [1.165, 1.54) is 0 Å². The monoisotopic (exact) mass is 343 g/mol. The van der Waals surface area contributed by atoms with Gasteiger partial charge >= 0.3 is 0 Å². The van der Waals surface area contributed by atoms with E-state index < -0.39 is 0 Å². The SMILES string of the molecule is CC(C)COc1cccc(C(=O)NC(=S)NNc2ccccc2)c1. The molecule has 0 atom stereocenters. The zero-order valence-electron chi connectivity index (χ0n) is 13.7. The molecule has 2 aromatic rings. The first-order valence-electron chi connectivity index (χ1n) is 7.70. The molecule has 0 unspecified atom stereocenters. The molecule has 3 N–H and O–H groups in total. The molecule has 5 nitrogen and oxygen atoms in total. The van der Waals surface area contributed by atoms with Gasteiger partial charge in [-0.3, -0.25) is 21.0 Å². The summed E-state index contributed by atoms with van der Waals surface area (Å²) < 4.78 is 5.63. The average Bonchev–Trinajstić information content (AvgIpc) is 2.59. The lowest BCUT2D eigenvalue weighted by atomic mass is 10.2. The molecule has 1 amide bonds. The fourth-order valence-corrected chi connectivity index (χ4v) is 1.99.